The normalized spacial score (nSPS) is 10.0. The number of nitrogens with one attached hydrogen (secondary N) is 2. The van der Waals surface area contributed by atoms with Crippen LogP contribution in [-0.4, -0.2) is 24.9 Å². The van der Waals surface area contributed by atoms with Gasteiger partial charge in [-0.05, 0) is 12.3 Å². The molecular formula is C10H20N2O2. The maximum absolute atomic E-state index is 11.1. The molecule has 0 aliphatic rings. The summed E-state index contributed by atoms with van der Waals surface area (Å²) in [6, 6.07) is 0. The van der Waals surface area contributed by atoms with Gasteiger partial charge in [0.25, 0.3) is 0 Å². The van der Waals surface area contributed by atoms with E-state index >= 15 is 0 Å². The molecule has 0 aromatic rings. The summed E-state index contributed by atoms with van der Waals surface area (Å²) in [7, 11) is 0. The first-order valence-electron chi connectivity index (χ1n) is 5.03. The smallest absolute Gasteiger partial charge is 0.221 e. The van der Waals surface area contributed by atoms with Crippen LogP contribution in [0.25, 0.3) is 0 Å². The Labute approximate surface area is 85.4 Å². The third-order valence-electron chi connectivity index (χ3n) is 1.77. The second-order valence-electron chi connectivity index (χ2n) is 3.77. The molecule has 4 heteroatoms. The summed E-state index contributed by atoms with van der Waals surface area (Å²) >= 11 is 0. The van der Waals surface area contributed by atoms with Crippen LogP contribution in [0, 0.1) is 5.92 Å². The minimum Gasteiger partial charge on any atom is -0.356 e. The van der Waals surface area contributed by atoms with Gasteiger partial charge in [0.05, 0.1) is 0 Å². The first kappa shape index (κ1) is 12.9. The molecule has 2 N–H and O–H groups in total. The number of carbonyl (C=O) groups excluding carboxylic acids is 2. The fraction of sp³-hybridized carbons (Fsp3) is 0.800. The van der Waals surface area contributed by atoms with Crippen molar-refractivity contribution in [1.29, 1.82) is 0 Å². The van der Waals surface area contributed by atoms with Crippen LogP contribution in [0.2, 0.25) is 0 Å². The average Bonchev–Trinajstić information content (AvgIpc) is 2.02. The zero-order valence-corrected chi connectivity index (χ0v) is 9.22. The highest BCUT2D eigenvalue weighted by Crippen LogP contribution is 1.96. The molecule has 0 aliphatic heterocycles. The van der Waals surface area contributed by atoms with Crippen molar-refractivity contribution in [2.24, 2.45) is 5.92 Å². The number of hydrogen-bond donors (Lipinski definition) is 2. The molecule has 0 radical (unpaired) electrons. The minimum absolute atomic E-state index is 0.000556. The third kappa shape index (κ3) is 9.03. The number of hydrogen-bond acceptors (Lipinski definition) is 2. The van der Waals surface area contributed by atoms with Crippen LogP contribution in [0.4, 0.5) is 0 Å². The van der Waals surface area contributed by atoms with Gasteiger partial charge < -0.3 is 10.6 Å². The van der Waals surface area contributed by atoms with E-state index in [4.69, 9.17) is 0 Å². The Morgan fingerprint density at radius 3 is 2.29 bits per heavy atom. The van der Waals surface area contributed by atoms with E-state index in [0.29, 0.717) is 18.9 Å². The molecule has 0 fully saturated rings. The Kier molecular flexibility index (Phi) is 6.80. The Bertz CT molecular complexity index is 191. The van der Waals surface area contributed by atoms with Crippen LogP contribution < -0.4 is 10.6 Å². The fourth-order valence-electron chi connectivity index (χ4n) is 0.941. The van der Waals surface area contributed by atoms with Gasteiger partial charge in [-0.2, -0.15) is 0 Å². The van der Waals surface area contributed by atoms with E-state index in [1.54, 1.807) is 0 Å². The highest BCUT2D eigenvalue weighted by molar-refractivity contribution is 5.77. The van der Waals surface area contributed by atoms with Crippen LogP contribution in [0.15, 0.2) is 0 Å². The van der Waals surface area contributed by atoms with Gasteiger partial charge in [0.1, 0.15) is 0 Å². The summed E-state index contributed by atoms with van der Waals surface area (Å²) in [4.78, 5) is 21.6. The van der Waals surface area contributed by atoms with Gasteiger partial charge >= 0.3 is 0 Å². The standard InChI is InChI=1S/C10H20N2O2/c1-8(2)4-6-12-10(14)5-7-11-9(3)13/h8H,4-7H2,1-3H3,(H,11,13)(H,12,14). The molecule has 0 aromatic heterocycles. The van der Waals surface area contributed by atoms with Gasteiger partial charge in [0.2, 0.25) is 11.8 Å². The molecule has 14 heavy (non-hydrogen) atoms. The summed E-state index contributed by atoms with van der Waals surface area (Å²) in [5.41, 5.74) is 0. The molecule has 0 atom stereocenters. The fourth-order valence-corrected chi connectivity index (χ4v) is 0.941. The maximum Gasteiger partial charge on any atom is 0.221 e. The Morgan fingerprint density at radius 2 is 1.79 bits per heavy atom. The molecular weight excluding hydrogens is 180 g/mol. The highest BCUT2D eigenvalue weighted by atomic mass is 16.2. The van der Waals surface area contributed by atoms with E-state index in [1.807, 2.05) is 0 Å². The van der Waals surface area contributed by atoms with Crippen molar-refractivity contribution >= 4 is 11.8 Å². The zero-order chi connectivity index (χ0) is 11.0. The first-order valence-corrected chi connectivity index (χ1v) is 5.03. The summed E-state index contributed by atoms with van der Waals surface area (Å²) in [6.07, 6.45) is 1.35. The largest absolute Gasteiger partial charge is 0.356 e. The lowest BCUT2D eigenvalue weighted by Crippen LogP contribution is -2.30. The van der Waals surface area contributed by atoms with Gasteiger partial charge in [0, 0.05) is 26.4 Å². The van der Waals surface area contributed by atoms with E-state index in [1.165, 1.54) is 6.92 Å². The minimum atomic E-state index is -0.0972. The lowest BCUT2D eigenvalue weighted by atomic mass is 10.1. The quantitative estimate of drug-likeness (QED) is 0.662. The second kappa shape index (κ2) is 7.35. The maximum atomic E-state index is 11.1. The van der Waals surface area contributed by atoms with E-state index in [-0.39, 0.29) is 11.8 Å². The van der Waals surface area contributed by atoms with Crippen LogP contribution >= 0.6 is 0 Å². The molecule has 0 unspecified atom stereocenters. The van der Waals surface area contributed by atoms with Crippen molar-refractivity contribution < 1.29 is 9.59 Å². The number of rotatable bonds is 6. The van der Waals surface area contributed by atoms with Crippen molar-refractivity contribution in [1.82, 2.24) is 10.6 Å². The topological polar surface area (TPSA) is 58.2 Å². The molecule has 0 aromatic carbocycles. The molecule has 82 valence electrons. The van der Waals surface area contributed by atoms with Gasteiger partial charge in [0.15, 0.2) is 0 Å². The monoisotopic (exact) mass is 200 g/mol. The van der Waals surface area contributed by atoms with Gasteiger partial charge in [-0.15, -0.1) is 0 Å². The van der Waals surface area contributed by atoms with Crippen LogP contribution in [0.5, 0.6) is 0 Å². The van der Waals surface area contributed by atoms with Gasteiger partial charge in [-0.25, -0.2) is 0 Å². The number of amides is 2. The van der Waals surface area contributed by atoms with E-state index < -0.39 is 0 Å². The van der Waals surface area contributed by atoms with E-state index in [0.717, 1.165) is 13.0 Å². The van der Waals surface area contributed by atoms with Crippen molar-refractivity contribution in [3.8, 4) is 0 Å². The lowest BCUT2D eigenvalue weighted by Gasteiger charge is -2.07. The molecule has 0 rings (SSSR count). The Hall–Kier alpha value is -1.06. The van der Waals surface area contributed by atoms with Gasteiger partial charge in [-0.3, -0.25) is 9.59 Å². The van der Waals surface area contributed by atoms with E-state index in [2.05, 4.69) is 24.5 Å². The molecule has 0 saturated heterocycles. The van der Waals surface area contributed by atoms with Crippen LogP contribution in [-0.2, 0) is 9.59 Å². The van der Waals surface area contributed by atoms with E-state index in [9.17, 15) is 9.59 Å². The highest BCUT2D eigenvalue weighted by Gasteiger charge is 2.01. The third-order valence-corrected chi connectivity index (χ3v) is 1.77. The van der Waals surface area contributed by atoms with Crippen molar-refractivity contribution in [3.63, 3.8) is 0 Å². The summed E-state index contributed by atoms with van der Waals surface area (Å²) < 4.78 is 0. The molecule has 0 spiro atoms. The van der Waals surface area contributed by atoms with Gasteiger partial charge in [-0.1, -0.05) is 13.8 Å². The van der Waals surface area contributed by atoms with Crippen molar-refractivity contribution in [2.45, 2.75) is 33.6 Å². The first-order chi connectivity index (χ1) is 6.52. The SMILES string of the molecule is CC(=O)NCCC(=O)NCCC(C)C. The summed E-state index contributed by atoms with van der Waals surface area (Å²) in [5, 5.41) is 5.37. The molecule has 4 nitrogen and oxygen atoms in total. The molecule has 0 aliphatic carbocycles. The van der Waals surface area contributed by atoms with Crippen LogP contribution in [0.1, 0.15) is 33.6 Å². The van der Waals surface area contributed by atoms with Crippen molar-refractivity contribution in [2.75, 3.05) is 13.1 Å². The lowest BCUT2D eigenvalue weighted by molar-refractivity contribution is -0.121. The van der Waals surface area contributed by atoms with Crippen LogP contribution in [0.3, 0.4) is 0 Å². The molecule has 0 heterocycles. The Balaban J connectivity index is 3.33. The predicted molar refractivity (Wildman–Crippen MR) is 55.8 cm³/mol. The summed E-state index contributed by atoms with van der Waals surface area (Å²) in [5.74, 6) is 0.505. The molecule has 0 bridgehead atoms. The van der Waals surface area contributed by atoms with Crippen molar-refractivity contribution in [3.05, 3.63) is 0 Å². The number of carbonyl (C=O) groups is 2. The average molecular weight is 200 g/mol. The molecule has 2 amide bonds. The predicted octanol–water partition coefficient (Wildman–Crippen LogP) is 0.675. The molecule has 0 saturated carbocycles. The zero-order valence-electron chi connectivity index (χ0n) is 9.22. The second-order valence-corrected chi connectivity index (χ2v) is 3.77. The Morgan fingerprint density at radius 1 is 1.14 bits per heavy atom. The summed E-state index contributed by atoms with van der Waals surface area (Å²) in [6.45, 7) is 6.81.